The van der Waals surface area contributed by atoms with Gasteiger partial charge in [0.1, 0.15) is 31.0 Å². The summed E-state index contributed by atoms with van der Waals surface area (Å²) in [4.78, 5) is 25.5. The number of allylic oxidation sites excluding steroid dienone is 12. The molecular weight excluding hydrogens is 821 g/mol. The molecule has 1 heterocycles. The molecule has 6 atom stereocenters. The number of hydrogen-bond donors (Lipinski definition) is 4. The first-order chi connectivity index (χ1) is 31.8. The molecule has 0 spiro atoms. The molecule has 0 radical (unpaired) electrons. The lowest BCUT2D eigenvalue weighted by Gasteiger charge is -2.39. The van der Waals surface area contributed by atoms with Gasteiger partial charge in [0.15, 0.2) is 12.4 Å². The monoisotopic (exact) mass is 915 g/mol. The average molecular weight is 915 g/mol. The number of ether oxygens (including phenoxy) is 4. The Morgan fingerprint density at radius 2 is 0.908 bits per heavy atom. The van der Waals surface area contributed by atoms with Gasteiger partial charge in [-0.15, -0.1) is 0 Å². The second-order valence-corrected chi connectivity index (χ2v) is 17.6. The second-order valence-electron chi connectivity index (χ2n) is 17.6. The van der Waals surface area contributed by atoms with Gasteiger partial charge in [0.05, 0.1) is 13.2 Å². The van der Waals surface area contributed by atoms with Gasteiger partial charge in [0.2, 0.25) is 0 Å². The number of rotatable bonds is 43. The molecule has 10 heteroatoms. The highest BCUT2D eigenvalue weighted by Crippen LogP contribution is 2.23. The molecule has 0 aromatic rings. The molecule has 0 amide bonds. The minimum absolute atomic E-state index is 0.216. The van der Waals surface area contributed by atoms with E-state index < -0.39 is 49.4 Å². The van der Waals surface area contributed by atoms with Crippen LogP contribution in [0.2, 0.25) is 0 Å². The van der Waals surface area contributed by atoms with E-state index in [1.807, 2.05) is 0 Å². The van der Waals surface area contributed by atoms with Gasteiger partial charge in [-0.25, -0.2) is 0 Å². The lowest BCUT2D eigenvalue weighted by atomic mass is 9.99. The molecule has 0 aromatic carbocycles. The maximum atomic E-state index is 12.8. The molecule has 1 aliphatic heterocycles. The summed E-state index contributed by atoms with van der Waals surface area (Å²) < 4.78 is 22.3. The van der Waals surface area contributed by atoms with Crippen molar-refractivity contribution in [2.75, 3.05) is 19.8 Å². The summed E-state index contributed by atoms with van der Waals surface area (Å²) in [5.74, 6) is -0.821. The van der Waals surface area contributed by atoms with Crippen molar-refractivity contribution in [3.05, 3.63) is 72.9 Å². The summed E-state index contributed by atoms with van der Waals surface area (Å²) in [5, 5.41) is 40.2. The van der Waals surface area contributed by atoms with E-state index in [2.05, 4.69) is 86.8 Å². The zero-order valence-electron chi connectivity index (χ0n) is 41.0. The zero-order chi connectivity index (χ0) is 47.3. The third-order valence-electron chi connectivity index (χ3n) is 11.6. The van der Waals surface area contributed by atoms with Gasteiger partial charge in [-0.3, -0.25) is 9.59 Å². The molecule has 4 N–H and O–H groups in total. The average Bonchev–Trinajstić information content (AvgIpc) is 3.30. The fourth-order valence-corrected chi connectivity index (χ4v) is 7.50. The van der Waals surface area contributed by atoms with E-state index >= 15 is 0 Å². The van der Waals surface area contributed by atoms with E-state index in [0.29, 0.717) is 6.42 Å². The van der Waals surface area contributed by atoms with Gasteiger partial charge in [-0.05, 0) is 83.5 Å². The van der Waals surface area contributed by atoms with Crippen LogP contribution in [0.1, 0.15) is 206 Å². The third-order valence-corrected chi connectivity index (χ3v) is 11.6. The van der Waals surface area contributed by atoms with Crippen molar-refractivity contribution < 1.29 is 49.0 Å². The molecule has 0 saturated carbocycles. The normalized spacial score (nSPS) is 19.9. The fourth-order valence-electron chi connectivity index (χ4n) is 7.50. The van der Waals surface area contributed by atoms with Crippen LogP contribution in [0, 0.1) is 0 Å². The second kappa shape index (κ2) is 44.9. The van der Waals surface area contributed by atoms with E-state index in [-0.39, 0.29) is 32.0 Å². The summed E-state index contributed by atoms with van der Waals surface area (Å²) in [6.07, 6.45) is 50.4. The Morgan fingerprint density at radius 3 is 1.37 bits per heavy atom. The highest BCUT2D eigenvalue weighted by Gasteiger charge is 2.44. The standard InChI is InChI=1S/C55H94O10/c1-3-5-7-9-11-13-15-17-19-21-23-24-26-28-30-32-34-36-38-40-42-44-51(58)64-48(47-63-55-54(61)53(60)52(59)49(45-56)65-55)46-62-50(57)43-41-39-37-35-33-31-29-27-25-22-20-18-16-14-12-10-8-6-4-2/h5,7,11-14,17-20,23-24,48-49,52-56,59-61H,3-4,6,8-10,15-16,21-22,25-47H2,1-2H3/b7-5-,13-11-,14-12-,19-17-,20-18-,24-23-. The highest BCUT2D eigenvalue weighted by molar-refractivity contribution is 5.70. The van der Waals surface area contributed by atoms with Crippen molar-refractivity contribution in [1.29, 1.82) is 0 Å². The maximum Gasteiger partial charge on any atom is 0.306 e. The number of hydrogen-bond acceptors (Lipinski definition) is 10. The predicted octanol–water partition coefficient (Wildman–Crippen LogP) is 12.3. The third kappa shape index (κ3) is 35.9. The molecule has 1 rings (SSSR count). The van der Waals surface area contributed by atoms with Gasteiger partial charge in [0, 0.05) is 12.8 Å². The van der Waals surface area contributed by atoms with Crippen molar-refractivity contribution in [3.63, 3.8) is 0 Å². The van der Waals surface area contributed by atoms with Crippen LogP contribution in [0.3, 0.4) is 0 Å². The van der Waals surface area contributed by atoms with Gasteiger partial charge in [0.25, 0.3) is 0 Å². The topological polar surface area (TPSA) is 152 Å². The molecule has 1 fully saturated rings. The molecule has 1 aliphatic rings. The molecule has 0 aliphatic carbocycles. The molecule has 0 bridgehead atoms. The van der Waals surface area contributed by atoms with Gasteiger partial charge in [-0.1, -0.05) is 183 Å². The minimum atomic E-state index is -1.60. The quantitative estimate of drug-likeness (QED) is 0.0264. The number of aliphatic hydroxyl groups is 4. The first-order valence-electron chi connectivity index (χ1n) is 26.0. The van der Waals surface area contributed by atoms with E-state index in [0.717, 1.165) is 89.9 Å². The Labute approximate surface area is 395 Å². The lowest BCUT2D eigenvalue weighted by Crippen LogP contribution is -2.59. The van der Waals surface area contributed by atoms with Gasteiger partial charge >= 0.3 is 11.9 Å². The first-order valence-corrected chi connectivity index (χ1v) is 26.0. The van der Waals surface area contributed by atoms with Gasteiger partial charge < -0.3 is 39.4 Å². The Morgan fingerprint density at radius 1 is 0.492 bits per heavy atom. The van der Waals surface area contributed by atoms with E-state index in [4.69, 9.17) is 18.9 Å². The van der Waals surface area contributed by atoms with Crippen LogP contribution >= 0.6 is 0 Å². The van der Waals surface area contributed by atoms with Crippen molar-refractivity contribution >= 4 is 11.9 Å². The van der Waals surface area contributed by atoms with Crippen LogP contribution in [0.5, 0.6) is 0 Å². The predicted molar refractivity (Wildman–Crippen MR) is 265 cm³/mol. The number of carbonyl (C=O) groups excluding carboxylic acids is 2. The highest BCUT2D eigenvalue weighted by atomic mass is 16.7. The zero-order valence-corrected chi connectivity index (χ0v) is 41.0. The van der Waals surface area contributed by atoms with E-state index in [1.54, 1.807) is 0 Å². The number of aliphatic hydroxyl groups excluding tert-OH is 4. The SMILES string of the molecule is CC/C=C\C/C=C\C/C=C\C/C=C\CCCCCCCCCCC(=O)OC(COC(=O)CCCCCCCCCCC/C=C\C/C=C\CCCCC)COC1OC(CO)C(O)C(O)C1O. The van der Waals surface area contributed by atoms with Crippen LogP contribution in [0.15, 0.2) is 72.9 Å². The van der Waals surface area contributed by atoms with Crippen molar-refractivity contribution in [2.24, 2.45) is 0 Å². The molecule has 6 unspecified atom stereocenters. The largest absolute Gasteiger partial charge is 0.462 e. The van der Waals surface area contributed by atoms with Crippen molar-refractivity contribution in [1.82, 2.24) is 0 Å². The smallest absolute Gasteiger partial charge is 0.306 e. The summed E-state index contributed by atoms with van der Waals surface area (Å²) >= 11 is 0. The van der Waals surface area contributed by atoms with Crippen LogP contribution in [-0.4, -0.2) is 89.0 Å². The molecule has 374 valence electrons. The fraction of sp³-hybridized carbons (Fsp3) is 0.745. The molecule has 1 saturated heterocycles. The summed E-state index contributed by atoms with van der Waals surface area (Å²) in [7, 11) is 0. The van der Waals surface area contributed by atoms with E-state index in [9.17, 15) is 30.0 Å². The first kappa shape index (κ1) is 60.2. The van der Waals surface area contributed by atoms with Crippen LogP contribution < -0.4 is 0 Å². The van der Waals surface area contributed by atoms with Gasteiger partial charge in [-0.2, -0.15) is 0 Å². The number of unbranched alkanes of at least 4 members (excludes halogenated alkanes) is 20. The lowest BCUT2D eigenvalue weighted by molar-refractivity contribution is -0.305. The number of carbonyl (C=O) groups is 2. The molecule has 65 heavy (non-hydrogen) atoms. The Kier molecular flexibility index (Phi) is 41.6. The van der Waals surface area contributed by atoms with Crippen molar-refractivity contribution in [3.8, 4) is 0 Å². The molecule has 0 aromatic heterocycles. The molecule has 10 nitrogen and oxygen atoms in total. The van der Waals surface area contributed by atoms with Crippen LogP contribution in [0.4, 0.5) is 0 Å². The summed E-state index contributed by atoms with van der Waals surface area (Å²) in [6.45, 7) is 3.29. The summed E-state index contributed by atoms with van der Waals surface area (Å²) in [6, 6.07) is 0. The maximum absolute atomic E-state index is 12.8. The number of esters is 2. The Balaban J connectivity index is 2.27. The Bertz CT molecular complexity index is 1290. The van der Waals surface area contributed by atoms with Crippen LogP contribution in [-0.2, 0) is 28.5 Å². The van der Waals surface area contributed by atoms with Crippen molar-refractivity contribution in [2.45, 2.75) is 243 Å². The minimum Gasteiger partial charge on any atom is -0.462 e. The summed E-state index contributed by atoms with van der Waals surface area (Å²) in [5.41, 5.74) is 0. The Hall–Kier alpha value is -2.86. The van der Waals surface area contributed by atoms with E-state index in [1.165, 1.54) is 83.5 Å². The van der Waals surface area contributed by atoms with Crippen LogP contribution in [0.25, 0.3) is 0 Å². The molecular formula is C55H94O10.